The Morgan fingerprint density at radius 3 is 2.31 bits per heavy atom. The number of anilines is 1. The third kappa shape index (κ3) is 5.17. The minimum absolute atomic E-state index is 0.115. The van der Waals surface area contributed by atoms with Crippen molar-refractivity contribution >= 4 is 15.7 Å². The molecule has 0 saturated carbocycles. The van der Waals surface area contributed by atoms with Crippen molar-refractivity contribution in [3.05, 3.63) is 83.4 Å². The van der Waals surface area contributed by atoms with Crippen LogP contribution in [-0.2, 0) is 16.3 Å². The first-order chi connectivity index (χ1) is 16.8. The van der Waals surface area contributed by atoms with Gasteiger partial charge in [0.15, 0.2) is 11.5 Å². The number of ether oxygens (including phenoxy) is 2. The highest BCUT2D eigenvalue weighted by Crippen LogP contribution is 2.34. The molecule has 0 aliphatic rings. The second-order valence-corrected chi connectivity index (χ2v) is 10.0. The van der Waals surface area contributed by atoms with E-state index in [0.717, 1.165) is 22.3 Å². The normalized spacial score (nSPS) is 11.3. The zero-order valence-electron chi connectivity index (χ0n) is 20.2. The molecule has 0 unspecified atom stereocenters. The lowest BCUT2D eigenvalue weighted by Gasteiger charge is -2.10. The first kappa shape index (κ1) is 24.3. The maximum absolute atomic E-state index is 13.5. The summed E-state index contributed by atoms with van der Waals surface area (Å²) in [6.07, 6.45) is 0.602. The second-order valence-electron chi connectivity index (χ2n) is 8.15. The summed E-state index contributed by atoms with van der Waals surface area (Å²) >= 11 is 0. The Balaban J connectivity index is 1.66. The molecule has 0 amide bonds. The molecule has 1 N–H and O–H groups in total. The van der Waals surface area contributed by atoms with E-state index in [2.05, 4.69) is 10.3 Å². The third-order valence-electron chi connectivity index (χ3n) is 5.70. The Labute approximate surface area is 205 Å². The second kappa shape index (κ2) is 10.2. The van der Waals surface area contributed by atoms with Crippen molar-refractivity contribution in [2.75, 3.05) is 26.1 Å². The van der Waals surface area contributed by atoms with Crippen LogP contribution in [0.2, 0.25) is 0 Å². The Bertz CT molecular complexity index is 1430. The molecule has 4 aromatic rings. The topological polar surface area (TPSA) is 90.7 Å². The SMILES string of the molecule is COc1ccc(CCNc2oc(-c3ccccc3C)nc2S(=O)(=O)c2ccc(C)cc2)cc1OC. The van der Waals surface area contributed by atoms with Crippen LogP contribution in [0.1, 0.15) is 16.7 Å². The monoisotopic (exact) mass is 492 g/mol. The van der Waals surface area contributed by atoms with Gasteiger partial charge in [-0.15, -0.1) is 0 Å². The summed E-state index contributed by atoms with van der Waals surface area (Å²) in [6, 6.07) is 19.9. The van der Waals surface area contributed by atoms with Gasteiger partial charge < -0.3 is 19.2 Å². The highest BCUT2D eigenvalue weighted by molar-refractivity contribution is 7.91. The molecule has 0 atom stereocenters. The number of nitrogens with one attached hydrogen (secondary N) is 1. The zero-order chi connectivity index (χ0) is 25.0. The van der Waals surface area contributed by atoms with Crippen molar-refractivity contribution in [2.24, 2.45) is 0 Å². The number of sulfone groups is 1. The molecule has 0 bridgehead atoms. The fourth-order valence-electron chi connectivity index (χ4n) is 3.71. The van der Waals surface area contributed by atoms with Crippen molar-refractivity contribution in [3.8, 4) is 23.0 Å². The van der Waals surface area contributed by atoms with Crippen LogP contribution >= 0.6 is 0 Å². The summed E-state index contributed by atoms with van der Waals surface area (Å²) in [4.78, 5) is 4.60. The van der Waals surface area contributed by atoms with Gasteiger partial charge in [-0.3, -0.25) is 0 Å². The number of methoxy groups -OCH3 is 2. The Hall–Kier alpha value is -3.78. The van der Waals surface area contributed by atoms with E-state index in [4.69, 9.17) is 13.9 Å². The van der Waals surface area contributed by atoms with Crippen LogP contribution in [-0.4, -0.2) is 34.2 Å². The molecule has 0 radical (unpaired) electrons. The Morgan fingerprint density at radius 1 is 0.914 bits per heavy atom. The molecular formula is C27H28N2O5S. The standard InChI is InChI=1S/C27H28N2O5S/c1-18-9-12-21(13-10-18)35(30,31)27-26(34-25(29-27)22-8-6-5-7-19(22)2)28-16-15-20-11-14-23(32-3)24(17-20)33-4/h5-14,17,28H,15-16H2,1-4H3. The first-order valence-corrected chi connectivity index (χ1v) is 12.6. The van der Waals surface area contributed by atoms with Gasteiger partial charge in [-0.05, 0) is 61.7 Å². The third-order valence-corrected chi connectivity index (χ3v) is 7.38. The van der Waals surface area contributed by atoms with Crippen molar-refractivity contribution in [1.29, 1.82) is 0 Å². The number of nitrogens with zero attached hydrogens (tertiary/aromatic N) is 1. The predicted molar refractivity (Wildman–Crippen MR) is 135 cm³/mol. The van der Waals surface area contributed by atoms with E-state index in [0.29, 0.717) is 24.5 Å². The van der Waals surface area contributed by atoms with Crippen LogP contribution in [0.25, 0.3) is 11.5 Å². The first-order valence-electron chi connectivity index (χ1n) is 11.2. The van der Waals surface area contributed by atoms with E-state index in [-0.39, 0.29) is 21.7 Å². The van der Waals surface area contributed by atoms with Crippen molar-refractivity contribution in [3.63, 3.8) is 0 Å². The average molecular weight is 493 g/mol. The molecule has 8 heteroatoms. The van der Waals surface area contributed by atoms with Crippen LogP contribution in [0, 0.1) is 13.8 Å². The quantitative estimate of drug-likeness (QED) is 0.332. The van der Waals surface area contributed by atoms with Crippen LogP contribution in [0.5, 0.6) is 11.5 Å². The van der Waals surface area contributed by atoms with E-state index >= 15 is 0 Å². The molecule has 4 rings (SSSR count). The van der Waals surface area contributed by atoms with Gasteiger partial charge >= 0.3 is 0 Å². The van der Waals surface area contributed by atoms with E-state index in [9.17, 15) is 8.42 Å². The summed E-state index contributed by atoms with van der Waals surface area (Å²) in [5, 5.41) is 3.01. The van der Waals surface area contributed by atoms with Crippen LogP contribution in [0.15, 0.2) is 81.1 Å². The minimum Gasteiger partial charge on any atom is -0.493 e. The van der Waals surface area contributed by atoms with Crippen molar-refractivity contribution in [2.45, 2.75) is 30.2 Å². The van der Waals surface area contributed by atoms with Crippen LogP contribution in [0.3, 0.4) is 0 Å². The fourth-order valence-corrected chi connectivity index (χ4v) is 4.99. The predicted octanol–water partition coefficient (Wildman–Crippen LogP) is 5.46. The van der Waals surface area contributed by atoms with Crippen molar-refractivity contribution in [1.82, 2.24) is 4.98 Å². The summed E-state index contributed by atoms with van der Waals surface area (Å²) in [7, 11) is -0.730. The minimum atomic E-state index is -3.91. The number of aryl methyl sites for hydroxylation is 2. The number of aromatic nitrogens is 1. The van der Waals surface area contributed by atoms with Gasteiger partial charge in [-0.25, -0.2) is 8.42 Å². The molecule has 0 fully saturated rings. The summed E-state index contributed by atoms with van der Waals surface area (Å²) < 4.78 is 43.6. The van der Waals surface area contributed by atoms with Gasteiger partial charge in [0.25, 0.3) is 0 Å². The van der Waals surface area contributed by atoms with E-state index in [1.165, 1.54) is 0 Å². The number of hydrogen-bond acceptors (Lipinski definition) is 7. The van der Waals surface area contributed by atoms with Gasteiger partial charge in [0, 0.05) is 12.1 Å². The van der Waals surface area contributed by atoms with Gasteiger partial charge in [-0.1, -0.05) is 42.0 Å². The van der Waals surface area contributed by atoms with Gasteiger partial charge in [0.2, 0.25) is 26.6 Å². The molecule has 0 aliphatic heterocycles. The number of benzene rings is 3. The molecular weight excluding hydrogens is 464 g/mol. The smallest absolute Gasteiger partial charge is 0.233 e. The Morgan fingerprint density at radius 2 is 1.63 bits per heavy atom. The Kier molecular flexibility index (Phi) is 7.12. The average Bonchev–Trinajstić information content (AvgIpc) is 3.29. The molecule has 1 aromatic heterocycles. The lowest BCUT2D eigenvalue weighted by Crippen LogP contribution is -2.10. The highest BCUT2D eigenvalue weighted by atomic mass is 32.2. The highest BCUT2D eigenvalue weighted by Gasteiger charge is 2.28. The van der Waals surface area contributed by atoms with Gasteiger partial charge in [-0.2, -0.15) is 4.98 Å². The lowest BCUT2D eigenvalue weighted by atomic mass is 10.1. The maximum atomic E-state index is 13.5. The maximum Gasteiger partial charge on any atom is 0.233 e. The molecule has 0 saturated heterocycles. The molecule has 7 nitrogen and oxygen atoms in total. The van der Waals surface area contributed by atoms with Gasteiger partial charge in [0.05, 0.1) is 19.1 Å². The van der Waals surface area contributed by atoms with Crippen molar-refractivity contribution < 1.29 is 22.3 Å². The van der Waals surface area contributed by atoms with E-state index in [1.807, 2.05) is 56.3 Å². The van der Waals surface area contributed by atoms with E-state index in [1.54, 1.807) is 38.5 Å². The van der Waals surface area contributed by atoms with Crippen LogP contribution < -0.4 is 14.8 Å². The van der Waals surface area contributed by atoms with Crippen LogP contribution in [0.4, 0.5) is 5.88 Å². The molecule has 1 heterocycles. The molecule has 0 aliphatic carbocycles. The largest absolute Gasteiger partial charge is 0.493 e. The molecule has 182 valence electrons. The fraction of sp³-hybridized carbons (Fsp3) is 0.222. The lowest BCUT2D eigenvalue weighted by molar-refractivity contribution is 0.354. The summed E-state index contributed by atoms with van der Waals surface area (Å²) in [5.41, 5.74) is 3.64. The van der Waals surface area contributed by atoms with E-state index < -0.39 is 9.84 Å². The number of oxazole rings is 1. The molecule has 0 spiro atoms. The van der Waals surface area contributed by atoms with Gasteiger partial charge in [0.1, 0.15) is 0 Å². The summed E-state index contributed by atoms with van der Waals surface area (Å²) in [5.74, 6) is 1.65. The summed E-state index contributed by atoms with van der Waals surface area (Å²) in [6.45, 7) is 4.26. The number of hydrogen-bond donors (Lipinski definition) is 1. The number of rotatable bonds is 9. The molecule has 35 heavy (non-hydrogen) atoms. The zero-order valence-corrected chi connectivity index (χ0v) is 21.0. The molecule has 3 aromatic carbocycles.